The van der Waals surface area contributed by atoms with Gasteiger partial charge in [-0.3, -0.25) is 4.79 Å². The monoisotopic (exact) mass is 416 g/mol. The zero-order valence-electron chi connectivity index (χ0n) is 17.7. The molecule has 3 aromatic rings. The first kappa shape index (κ1) is 20.7. The number of carbonyl (C=O) groups excluding carboxylic acids is 1. The van der Waals surface area contributed by atoms with Gasteiger partial charge >= 0.3 is 0 Å². The second kappa shape index (κ2) is 9.48. The fourth-order valence-electron chi connectivity index (χ4n) is 4.10. The molecule has 0 atom stereocenters. The summed E-state index contributed by atoms with van der Waals surface area (Å²) in [6.45, 7) is 5.84. The average molecular weight is 417 g/mol. The van der Waals surface area contributed by atoms with Gasteiger partial charge in [-0.05, 0) is 61.9 Å². The molecule has 1 aliphatic heterocycles. The molecule has 4 rings (SSSR count). The molecule has 4 heteroatoms. The third-order valence-electron chi connectivity index (χ3n) is 5.79. The number of pyridine rings is 1. The standard InChI is InChI=1S/C26H28N2OS/c1-19-11-12-25(20(2)17-19)30-18-23-9-6-10-24(27-23)26(29)28-15-13-22(14-16-28)21-7-4-3-5-8-21/h3-12,17,22H,13-16,18H2,1-2H3. The van der Waals surface area contributed by atoms with E-state index in [1.807, 2.05) is 23.1 Å². The maximum absolute atomic E-state index is 13.0. The Labute approximate surface area is 183 Å². The highest BCUT2D eigenvalue weighted by Gasteiger charge is 2.25. The third-order valence-corrected chi connectivity index (χ3v) is 6.99. The van der Waals surface area contributed by atoms with E-state index in [2.05, 4.69) is 67.4 Å². The molecule has 0 aliphatic carbocycles. The molecule has 0 saturated carbocycles. The molecule has 0 radical (unpaired) electrons. The van der Waals surface area contributed by atoms with Crippen molar-refractivity contribution >= 4 is 17.7 Å². The molecule has 0 bridgehead atoms. The lowest BCUT2D eigenvalue weighted by atomic mass is 9.89. The van der Waals surface area contributed by atoms with E-state index in [0.29, 0.717) is 11.6 Å². The second-order valence-corrected chi connectivity index (χ2v) is 9.07. The van der Waals surface area contributed by atoms with Gasteiger partial charge < -0.3 is 4.90 Å². The summed E-state index contributed by atoms with van der Waals surface area (Å²) in [5.74, 6) is 1.37. The molecule has 2 heterocycles. The predicted molar refractivity (Wildman–Crippen MR) is 124 cm³/mol. The number of thioether (sulfide) groups is 1. The Morgan fingerprint density at radius 2 is 1.77 bits per heavy atom. The topological polar surface area (TPSA) is 33.2 Å². The minimum Gasteiger partial charge on any atom is -0.337 e. The molecule has 3 nitrogen and oxygen atoms in total. The number of likely N-dealkylation sites (tertiary alicyclic amines) is 1. The van der Waals surface area contributed by atoms with E-state index in [4.69, 9.17) is 0 Å². The van der Waals surface area contributed by atoms with Gasteiger partial charge in [-0.15, -0.1) is 11.8 Å². The first-order chi connectivity index (χ1) is 14.6. The van der Waals surface area contributed by atoms with Gasteiger partial charge in [-0.25, -0.2) is 4.98 Å². The fraction of sp³-hybridized carbons (Fsp3) is 0.308. The highest BCUT2D eigenvalue weighted by Crippen LogP contribution is 2.29. The van der Waals surface area contributed by atoms with Crippen LogP contribution in [0.15, 0.2) is 71.6 Å². The van der Waals surface area contributed by atoms with Gasteiger partial charge in [0, 0.05) is 23.7 Å². The predicted octanol–water partition coefficient (Wildman–Crippen LogP) is 6.01. The molecule has 30 heavy (non-hydrogen) atoms. The Hall–Kier alpha value is -2.59. The smallest absolute Gasteiger partial charge is 0.272 e. The first-order valence-corrected chi connectivity index (χ1v) is 11.6. The summed E-state index contributed by atoms with van der Waals surface area (Å²) in [5, 5.41) is 0. The van der Waals surface area contributed by atoms with Crippen molar-refractivity contribution in [3.63, 3.8) is 0 Å². The summed E-state index contributed by atoms with van der Waals surface area (Å²) in [7, 11) is 0. The van der Waals surface area contributed by atoms with Crippen molar-refractivity contribution in [3.8, 4) is 0 Å². The zero-order valence-corrected chi connectivity index (χ0v) is 18.5. The summed E-state index contributed by atoms with van der Waals surface area (Å²) in [5.41, 5.74) is 5.46. The largest absolute Gasteiger partial charge is 0.337 e. The summed E-state index contributed by atoms with van der Waals surface area (Å²) in [6.07, 6.45) is 2.02. The normalized spacial score (nSPS) is 14.7. The molecule has 154 valence electrons. The van der Waals surface area contributed by atoms with E-state index in [9.17, 15) is 4.79 Å². The van der Waals surface area contributed by atoms with Crippen LogP contribution in [0.4, 0.5) is 0 Å². The molecule has 2 aromatic carbocycles. The van der Waals surface area contributed by atoms with Crippen LogP contribution >= 0.6 is 11.8 Å². The van der Waals surface area contributed by atoms with Crippen LogP contribution in [0.25, 0.3) is 0 Å². The molecule has 0 N–H and O–H groups in total. The number of piperidine rings is 1. The minimum atomic E-state index is 0.0554. The van der Waals surface area contributed by atoms with Crippen molar-refractivity contribution in [2.75, 3.05) is 13.1 Å². The van der Waals surface area contributed by atoms with Crippen LogP contribution in [0.2, 0.25) is 0 Å². The van der Waals surface area contributed by atoms with Crippen LogP contribution in [0.5, 0.6) is 0 Å². The van der Waals surface area contributed by atoms with Crippen LogP contribution in [-0.4, -0.2) is 28.9 Å². The number of nitrogens with zero attached hydrogens (tertiary/aromatic N) is 2. The van der Waals surface area contributed by atoms with Crippen LogP contribution in [0.3, 0.4) is 0 Å². The van der Waals surface area contributed by atoms with Crippen molar-refractivity contribution in [3.05, 3.63) is 94.8 Å². The highest BCUT2D eigenvalue weighted by atomic mass is 32.2. The molecule has 1 amide bonds. The van der Waals surface area contributed by atoms with E-state index < -0.39 is 0 Å². The molecule has 1 fully saturated rings. The molecule has 0 spiro atoms. The number of benzene rings is 2. The molecular weight excluding hydrogens is 388 g/mol. The van der Waals surface area contributed by atoms with Gasteiger partial charge in [0.15, 0.2) is 0 Å². The number of aromatic nitrogens is 1. The van der Waals surface area contributed by atoms with Crippen LogP contribution in [0.1, 0.15) is 51.6 Å². The lowest BCUT2D eigenvalue weighted by Crippen LogP contribution is -2.38. The maximum Gasteiger partial charge on any atom is 0.272 e. The number of hydrogen-bond donors (Lipinski definition) is 0. The van der Waals surface area contributed by atoms with Crippen molar-refractivity contribution in [2.24, 2.45) is 0 Å². The fourth-order valence-corrected chi connectivity index (χ4v) is 5.01. The van der Waals surface area contributed by atoms with Gasteiger partial charge in [0.25, 0.3) is 5.91 Å². The summed E-state index contributed by atoms with van der Waals surface area (Å²) >= 11 is 1.78. The second-order valence-electron chi connectivity index (χ2n) is 8.05. The Balaban J connectivity index is 1.37. The van der Waals surface area contributed by atoms with Crippen LogP contribution in [0, 0.1) is 13.8 Å². The lowest BCUT2D eigenvalue weighted by molar-refractivity contribution is 0.0707. The van der Waals surface area contributed by atoms with Gasteiger partial charge in [0.05, 0.1) is 5.69 Å². The SMILES string of the molecule is Cc1ccc(SCc2cccc(C(=O)N3CCC(c4ccccc4)CC3)n2)c(C)c1. The van der Waals surface area contributed by atoms with Crippen molar-refractivity contribution in [1.29, 1.82) is 0 Å². The van der Waals surface area contributed by atoms with Gasteiger partial charge in [-0.2, -0.15) is 0 Å². The van der Waals surface area contributed by atoms with Crippen molar-refractivity contribution < 1.29 is 4.79 Å². The maximum atomic E-state index is 13.0. The van der Waals surface area contributed by atoms with Gasteiger partial charge in [0.1, 0.15) is 5.69 Å². The van der Waals surface area contributed by atoms with E-state index >= 15 is 0 Å². The first-order valence-electron chi connectivity index (χ1n) is 10.6. The molecule has 1 aromatic heterocycles. The molecule has 1 aliphatic rings. The van der Waals surface area contributed by atoms with Gasteiger partial charge in [-0.1, -0.05) is 54.1 Å². The van der Waals surface area contributed by atoms with Crippen LogP contribution in [-0.2, 0) is 5.75 Å². The number of aryl methyl sites for hydroxylation is 2. The van der Waals surface area contributed by atoms with Crippen molar-refractivity contribution in [1.82, 2.24) is 9.88 Å². The lowest BCUT2D eigenvalue weighted by Gasteiger charge is -2.32. The van der Waals surface area contributed by atoms with Gasteiger partial charge in [0.2, 0.25) is 0 Å². The van der Waals surface area contributed by atoms with Crippen LogP contribution < -0.4 is 0 Å². The molecular formula is C26H28N2OS. The quantitative estimate of drug-likeness (QED) is 0.478. The van der Waals surface area contributed by atoms with Crippen molar-refractivity contribution in [2.45, 2.75) is 43.3 Å². The molecule has 1 saturated heterocycles. The van der Waals surface area contributed by atoms with E-state index in [-0.39, 0.29) is 5.91 Å². The zero-order chi connectivity index (χ0) is 20.9. The van der Waals surface area contributed by atoms with E-state index in [1.54, 1.807) is 11.8 Å². The Kier molecular flexibility index (Phi) is 6.53. The Morgan fingerprint density at radius 1 is 1.00 bits per heavy atom. The highest BCUT2D eigenvalue weighted by molar-refractivity contribution is 7.98. The summed E-state index contributed by atoms with van der Waals surface area (Å²) in [4.78, 5) is 20.9. The number of hydrogen-bond acceptors (Lipinski definition) is 3. The Morgan fingerprint density at radius 3 is 2.50 bits per heavy atom. The summed E-state index contributed by atoms with van der Waals surface area (Å²) < 4.78 is 0. The number of carbonyl (C=O) groups is 1. The number of amides is 1. The Bertz CT molecular complexity index is 1010. The minimum absolute atomic E-state index is 0.0554. The molecule has 0 unspecified atom stereocenters. The average Bonchev–Trinajstić information content (AvgIpc) is 2.79. The van der Waals surface area contributed by atoms with E-state index in [1.165, 1.54) is 21.6 Å². The number of rotatable bonds is 5. The van der Waals surface area contributed by atoms with E-state index in [0.717, 1.165) is 37.4 Å². The summed E-state index contributed by atoms with van der Waals surface area (Å²) in [6, 6.07) is 23.0. The third kappa shape index (κ3) is 4.93.